The van der Waals surface area contributed by atoms with E-state index in [0.717, 1.165) is 11.9 Å². The van der Waals surface area contributed by atoms with Crippen LogP contribution in [-0.2, 0) is 9.47 Å². The molecule has 0 aliphatic carbocycles. The SMILES string of the molecule is OCCCOCCOCCBr. The summed E-state index contributed by atoms with van der Waals surface area (Å²) in [4.78, 5) is 0. The lowest BCUT2D eigenvalue weighted by atomic mass is 10.5. The zero-order valence-electron chi connectivity index (χ0n) is 6.59. The van der Waals surface area contributed by atoms with Crippen LogP contribution in [0.3, 0.4) is 0 Å². The van der Waals surface area contributed by atoms with Crippen LogP contribution in [0, 0.1) is 0 Å². The van der Waals surface area contributed by atoms with Gasteiger partial charge in [0.1, 0.15) is 0 Å². The van der Waals surface area contributed by atoms with Crippen LogP contribution in [-0.4, -0.2) is 43.5 Å². The first-order valence-electron chi connectivity index (χ1n) is 3.74. The number of halogens is 1. The summed E-state index contributed by atoms with van der Waals surface area (Å²) in [5.41, 5.74) is 0. The molecule has 11 heavy (non-hydrogen) atoms. The lowest BCUT2D eigenvalue weighted by Crippen LogP contribution is -2.07. The molecule has 68 valence electrons. The fraction of sp³-hybridized carbons (Fsp3) is 1.00. The van der Waals surface area contributed by atoms with Crippen LogP contribution in [0.25, 0.3) is 0 Å². The number of alkyl halides is 1. The molecule has 0 aliphatic rings. The van der Waals surface area contributed by atoms with Crippen LogP contribution in [0.2, 0.25) is 0 Å². The van der Waals surface area contributed by atoms with Gasteiger partial charge >= 0.3 is 0 Å². The summed E-state index contributed by atoms with van der Waals surface area (Å²) < 4.78 is 10.2. The standard InChI is InChI=1S/C7H15BrO3/c8-2-5-11-7-6-10-4-1-3-9/h9H,1-7H2. The van der Waals surface area contributed by atoms with Gasteiger partial charge in [0, 0.05) is 18.5 Å². The van der Waals surface area contributed by atoms with Crippen molar-refractivity contribution in [1.29, 1.82) is 0 Å². The van der Waals surface area contributed by atoms with Crippen molar-refractivity contribution in [2.45, 2.75) is 6.42 Å². The number of hydrogen-bond donors (Lipinski definition) is 1. The molecule has 0 aromatic heterocycles. The summed E-state index contributed by atoms with van der Waals surface area (Å²) in [6.07, 6.45) is 0.707. The van der Waals surface area contributed by atoms with Gasteiger partial charge in [-0.1, -0.05) is 15.9 Å². The topological polar surface area (TPSA) is 38.7 Å². The third-order valence-electron chi connectivity index (χ3n) is 1.04. The summed E-state index contributed by atoms with van der Waals surface area (Å²) in [5.74, 6) is 0. The van der Waals surface area contributed by atoms with Crippen LogP contribution < -0.4 is 0 Å². The Balaban J connectivity index is 2.69. The fourth-order valence-electron chi connectivity index (χ4n) is 0.543. The van der Waals surface area contributed by atoms with Crippen molar-refractivity contribution < 1.29 is 14.6 Å². The molecule has 0 saturated carbocycles. The summed E-state index contributed by atoms with van der Waals surface area (Å²) in [7, 11) is 0. The first kappa shape index (κ1) is 11.4. The van der Waals surface area contributed by atoms with Crippen LogP contribution in [0.4, 0.5) is 0 Å². The summed E-state index contributed by atoms with van der Waals surface area (Å²) in [5, 5.41) is 9.25. The second-order valence-corrected chi connectivity index (χ2v) is 2.78. The molecule has 0 saturated heterocycles. The predicted octanol–water partition coefficient (Wildman–Crippen LogP) is 0.797. The third-order valence-corrected chi connectivity index (χ3v) is 1.36. The van der Waals surface area contributed by atoms with E-state index in [0.29, 0.717) is 26.2 Å². The lowest BCUT2D eigenvalue weighted by Gasteiger charge is -2.02. The fourth-order valence-corrected chi connectivity index (χ4v) is 0.772. The highest BCUT2D eigenvalue weighted by molar-refractivity contribution is 9.09. The average molecular weight is 227 g/mol. The minimum absolute atomic E-state index is 0.197. The number of hydrogen-bond acceptors (Lipinski definition) is 3. The molecule has 4 heteroatoms. The summed E-state index contributed by atoms with van der Waals surface area (Å²) in [6, 6.07) is 0. The molecular formula is C7H15BrO3. The summed E-state index contributed by atoms with van der Waals surface area (Å²) in [6.45, 7) is 2.80. The Hall–Kier alpha value is 0.360. The monoisotopic (exact) mass is 226 g/mol. The first-order valence-corrected chi connectivity index (χ1v) is 4.86. The highest BCUT2D eigenvalue weighted by atomic mass is 79.9. The van der Waals surface area contributed by atoms with Gasteiger partial charge in [-0.25, -0.2) is 0 Å². The maximum atomic E-state index is 8.39. The lowest BCUT2D eigenvalue weighted by molar-refractivity contribution is 0.0483. The number of ether oxygens (including phenoxy) is 2. The normalized spacial score (nSPS) is 10.4. The molecule has 0 unspecified atom stereocenters. The quantitative estimate of drug-likeness (QED) is 0.492. The van der Waals surface area contributed by atoms with Crippen molar-refractivity contribution in [2.24, 2.45) is 0 Å². The molecule has 0 heterocycles. The first-order chi connectivity index (χ1) is 5.41. The highest BCUT2D eigenvalue weighted by Gasteiger charge is 1.88. The van der Waals surface area contributed by atoms with Crippen molar-refractivity contribution in [1.82, 2.24) is 0 Å². The van der Waals surface area contributed by atoms with Gasteiger partial charge in [-0.3, -0.25) is 0 Å². The molecule has 0 bridgehead atoms. The maximum Gasteiger partial charge on any atom is 0.0700 e. The Morgan fingerprint density at radius 1 is 1.00 bits per heavy atom. The van der Waals surface area contributed by atoms with Gasteiger partial charge in [-0.05, 0) is 6.42 Å². The van der Waals surface area contributed by atoms with Gasteiger partial charge in [0.05, 0.1) is 19.8 Å². The van der Waals surface area contributed by atoms with Crippen molar-refractivity contribution in [2.75, 3.05) is 38.4 Å². The molecule has 0 aromatic rings. The molecular weight excluding hydrogens is 212 g/mol. The second-order valence-electron chi connectivity index (χ2n) is 1.99. The Morgan fingerprint density at radius 3 is 2.18 bits per heavy atom. The minimum Gasteiger partial charge on any atom is -0.396 e. The second kappa shape index (κ2) is 10.4. The summed E-state index contributed by atoms with van der Waals surface area (Å²) >= 11 is 3.24. The largest absolute Gasteiger partial charge is 0.396 e. The molecule has 0 spiro atoms. The van der Waals surface area contributed by atoms with Crippen LogP contribution in [0.5, 0.6) is 0 Å². The zero-order chi connectivity index (χ0) is 8.36. The van der Waals surface area contributed by atoms with Crippen LogP contribution in [0.1, 0.15) is 6.42 Å². The molecule has 0 aromatic carbocycles. The third kappa shape index (κ3) is 10.4. The van der Waals surface area contributed by atoms with Crippen LogP contribution in [0.15, 0.2) is 0 Å². The van der Waals surface area contributed by atoms with Gasteiger partial charge < -0.3 is 14.6 Å². The van der Waals surface area contributed by atoms with Crippen molar-refractivity contribution in [3.63, 3.8) is 0 Å². The van der Waals surface area contributed by atoms with E-state index >= 15 is 0 Å². The highest BCUT2D eigenvalue weighted by Crippen LogP contribution is 1.84. The molecule has 0 rings (SSSR count). The Bertz CT molecular complexity index is 62.7. The van der Waals surface area contributed by atoms with Crippen molar-refractivity contribution >= 4 is 15.9 Å². The van der Waals surface area contributed by atoms with E-state index in [-0.39, 0.29) is 6.61 Å². The molecule has 3 nitrogen and oxygen atoms in total. The van der Waals surface area contributed by atoms with E-state index in [1.54, 1.807) is 0 Å². The predicted molar refractivity (Wildman–Crippen MR) is 47.1 cm³/mol. The van der Waals surface area contributed by atoms with Crippen LogP contribution >= 0.6 is 15.9 Å². The van der Waals surface area contributed by atoms with Gasteiger partial charge in [0.15, 0.2) is 0 Å². The van der Waals surface area contributed by atoms with E-state index in [4.69, 9.17) is 14.6 Å². The van der Waals surface area contributed by atoms with Gasteiger partial charge in [-0.2, -0.15) is 0 Å². The molecule has 0 atom stereocenters. The van der Waals surface area contributed by atoms with E-state index < -0.39 is 0 Å². The molecule has 0 amide bonds. The minimum atomic E-state index is 0.197. The van der Waals surface area contributed by atoms with Gasteiger partial charge in [0.25, 0.3) is 0 Å². The van der Waals surface area contributed by atoms with E-state index in [1.165, 1.54) is 0 Å². The van der Waals surface area contributed by atoms with Crippen molar-refractivity contribution in [3.8, 4) is 0 Å². The van der Waals surface area contributed by atoms with Crippen molar-refractivity contribution in [3.05, 3.63) is 0 Å². The smallest absolute Gasteiger partial charge is 0.0700 e. The molecule has 1 N–H and O–H groups in total. The van der Waals surface area contributed by atoms with E-state index in [2.05, 4.69) is 15.9 Å². The Kier molecular flexibility index (Phi) is 10.7. The van der Waals surface area contributed by atoms with E-state index in [9.17, 15) is 0 Å². The van der Waals surface area contributed by atoms with E-state index in [1.807, 2.05) is 0 Å². The average Bonchev–Trinajstić information content (AvgIpc) is 2.03. The Morgan fingerprint density at radius 2 is 1.64 bits per heavy atom. The number of aliphatic hydroxyl groups excluding tert-OH is 1. The number of aliphatic hydroxyl groups is 1. The van der Waals surface area contributed by atoms with Gasteiger partial charge in [0.2, 0.25) is 0 Å². The zero-order valence-corrected chi connectivity index (χ0v) is 8.18. The van der Waals surface area contributed by atoms with Gasteiger partial charge in [-0.15, -0.1) is 0 Å². The molecule has 0 fully saturated rings. The maximum absolute atomic E-state index is 8.39. The molecule has 0 radical (unpaired) electrons. The Labute approximate surface area is 75.8 Å². The number of rotatable bonds is 8. The molecule has 0 aliphatic heterocycles.